The van der Waals surface area contributed by atoms with Gasteiger partial charge in [-0.2, -0.15) is 0 Å². The van der Waals surface area contributed by atoms with Crippen LogP contribution in [0.4, 0.5) is 0 Å². The number of nitrogens with zero attached hydrogens (tertiary/aromatic N) is 2. The first-order valence-electron chi connectivity index (χ1n) is 5.08. The number of hydrogen-bond acceptors (Lipinski definition) is 4. The largest absolute Gasteiger partial charge is 0.448 e. The number of aryl methyl sites for hydroxylation is 1. The predicted octanol–water partition coefficient (Wildman–Crippen LogP) is 1.08. The average molecular weight is 195 g/mol. The fourth-order valence-electron chi connectivity index (χ4n) is 2.06. The summed E-state index contributed by atoms with van der Waals surface area (Å²) >= 11 is 0. The topological polar surface area (TPSA) is 55.3 Å². The zero-order valence-electron chi connectivity index (χ0n) is 8.73. The number of oxazole rings is 1. The second-order valence-corrected chi connectivity index (χ2v) is 4.01. The van der Waals surface area contributed by atoms with E-state index in [1.807, 2.05) is 6.92 Å². The van der Waals surface area contributed by atoms with Crippen LogP contribution in [0.3, 0.4) is 0 Å². The highest BCUT2D eigenvalue weighted by Gasteiger charge is 2.26. The second kappa shape index (κ2) is 3.71. The van der Waals surface area contributed by atoms with Gasteiger partial charge >= 0.3 is 0 Å². The molecule has 0 aromatic carbocycles. The summed E-state index contributed by atoms with van der Waals surface area (Å²) in [7, 11) is 0. The van der Waals surface area contributed by atoms with Gasteiger partial charge in [-0.1, -0.05) is 0 Å². The quantitative estimate of drug-likeness (QED) is 0.767. The third-order valence-corrected chi connectivity index (χ3v) is 2.98. The van der Waals surface area contributed by atoms with Crippen molar-refractivity contribution >= 4 is 0 Å². The molecule has 1 aliphatic heterocycles. The fourth-order valence-corrected chi connectivity index (χ4v) is 2.06. The number of nitrogens with two attached hydrogens (primary N) is 1. The minimum Gasteiger partial charge on any atom is -0.448 e. The number of hydrogen-bond donors (Lipinski definition) is 1. The maximum absolute atomic E-state index is 5.87. The lowest BCUT2D eigenvalue weighted by molar-refractivity contribution is 0.254. The first kappa shape index (κ1) is 9.68. The average Bonchev–Trinajstić information content (AvgIpc) is 2.73. The van der Waals surface area contributed by atoms with Crippen LogP contribution in [0.15, 0.2) is 10.8 Å². The van der Waals surface area contributed by atoms with Crippen LogP contribution < -0.4 is 5.73 Å². The van der Waals surface area contributed by atoms with Crippen molar-refractivity contribution in [2.24, 2.45) is 5.73 Å². The van der Waals surface area contributed by atoms with Gasteiger partial charge in [-0.05, 0) is 20.3 Å². The molecule has 1 saturated heterocycles. The SMILES string of the molecule is Cc1ocnc1C(C)N1CCC(N)C1. The van der Waals surface area contributed by atoms with Crippen LogP contribution in [-0.4, -0.2) is 29.0 Å². The summed E-state index contributed by atoms with van der Waals surface area (Å²) in [6, 6.07) is 0.645. The van der Waals surface area contributed by atoms with Crippen molar-refractivity contribution in [2.45, 2.75) is 32.4 Å². The van der Waals surface area contributed by atoms with E-state index in [-0.39, 0.29) is 0 Å². The molecule has 1 aromatic heterocycles. The summed E-state index contributed by atoms with van der Waals surface area (Å²) in [5.74, 6) is 0.915. The molecule has 1 aliphatic rings. The third kappa shape index (κ3) is 1.67. The number of rotatable bonds is 2. The Morgan fingerprint density at radius 3 is 3.00 bits per heavy atom. The number of aromatic nitrogens is 1. The van der Waals surface area contributed by atoms with Gasteiger partial charge in [0.1, 0.15) is 5.76 Å². The summed E-state index contributed by atoms with van der Waals surface area (Å²) in [6.07, 6.45) is 2.60. The molecule has 0 radical (unpaired) electrons. The Labute approximate surface area is 84.1 Å². The lowest BCUT2D eigenvalue weighted by atomic mass is 10.2. The van der Waals surface area contributed by atoms with Gasteiger partial charge in [0.15, 0.2) is 6.39 Å². The van der Waals surface area contributed by atoms with Crippen molar-refractivity contribution in [3.8, 4) is 0 Å². The monoisotopic (exact) mass is 195 g/mol. The van der Waals surface area contributed by atoms with Crippen molar-refractivity contribution in [3.63, 3.8) is 0 Å². The van der Waals surface area contributed by atoms with Gasteiger partial charge in [-0.3, -0.25) is 4.90 Å². The van der Waals surface area contributed by atoms with Crippen molar-refractivity contribution < 1.29 is 4.42 Å². The Morgan fingerprint density at radius 1 is 1.71 bits per heavy atom. The normalized spacial score (nSPS) is 25.5. The molecule has 14 heavy (non-hydrogen) atoms. The standard InChI is InChI=1S/C10H17N3O/c1-7(10-8(2)14-6-12-10)13-4-3-9(11)5-13/h6-7,9H,3-5,11H2,1-2H3. The molecule has 0 spiro atoms. The van der Waals surface area contributed by atoms with E-state index in [0.29, 0.717) is 12.1 Å². The van der Waals surface area contributed by atoms with Gasteiger partial charge in [-0.15, -0.1) is 0 Å². The minimum atomic E-state index is 0.322. The molecule has 2 N–H and O–H groups in total. The Bertz CT molecular complexity index is 310. The van der Waals surface area contributed by atoms with E-state index in [1.54, 1.807) is 0 Å². The van der Waals surface area contributed by atoms with Crippen molar-refractivity contribution in [1.82, 2.24) is 9.88 Å². The molecule has 1 aromatic rings. The van der Waals surface area contributed by atoms with E-state index in [2.05, 4.69) is 16.8 Å². The van der Waals surface area contributed by atoms with E-state index >= 15 is 0 Å². The highest BCUT2D eigenvalue weighted by Crippen LogP contribution is 2.24. The second-order valence-electron chi connectivity index (χ2n) is 4.01. The Kier molecular flexibility index (Phi) is 2.56. The highest BCUT2D eigenvalue weighted by atomic mass is 16.3. The highest BCUT2D eigenvalue weighted by molar-refractivity contribution is 5.10. The van der Waals surface area contributed by atoms with Gasteiger partial charge in [-0.25, -0.2) is 4.98 Å². The third-order valence-electron chi connectivity index (χ3n) is 2.98. The smallest absolute Gasteiger partial charge is 0.181 e. The van der Waals surface area contributed by atoms with Gasteiger partial charge in [0.05, 0.1) is 11.7 Å². The molecule has 0 saturated carbocycles. The van der Waals surface area contributed by atoms with E-state index in [9.17, 15) is 0 Å². The summed E-state index contributed by atoms with van der Waals surface area (Å²) in [5, 5.41) is 0. The van der Waals surface area contributed by atoms with Gasteiger partial charge in [0.25, 0.3) is 0 Å². The lowest BCUT2D eigenvalue weighted by Gasteiger charge is -2.22. The van der Waals surface area contributed by atoms with E-state index in [4.69, 9.17) is 10.2 Å². The minimum absolute atomic E-state index is 0.322. The molecule has 0 amide bonds. The molecule has 1 fully saturated rings. The van der Waals surface area contributed by atoms with Crippen LogP contribution in [-0.2, 0) is 0 Å². The Morgan fingerprint density at radius 2 is 2.50 bits per heavy atom. The zero-order chi connectivity index (χ0) is 10.1. The molecule has 2 atom stereocenters. The summed E-state index contributed by atoms with van der Waals surface area (Å²) in [5.41, 5.74) is 6.91. The molecule has 0 aliphatic carbocycles. The summed E-state index contributed by atoms with van der Waals surface area (Å²) in [6.45, 7) is 6.14. The lowest BCUT2D eigenvalue weighted by Crippen LogP contribution is -2.29. The predicted molar refractivity (Wildman–Crippen MR) is 53.8 cm³/mol. The van der Waals surface area contributed by atoms with Crippen LogP contribution in [0, 0.1) is 6.92 Å². The van der Waals surface area contributed by atoms with Crippen molar-refractivity contribution in [3.05, 3.63) is 17.8 Å². The Hall–Kier alpha value is -0.870. The van der Waals surface area contributed by atoms with E-state index in [1.165, 1.54) is 6.39 Å². The van der Waals surface area contributed by atoms with E-state index in [0.717, 1.165) is 31.0 Å². The molecule has 2 unspecified atom stereocenters. The molecule has 0 bridgehead atoms. The van der Waals surface area contributed by atoms with Gasteiger partial charge < -0.3 is 10.2 Å². The Balaban J connectivity index is 2.09. The van der Waals surface area contributed by atoms with Crippen LogP contribution in [0.5, 0.6) is 0 Å². The maximum Gasteiger partial charge on any atom is 0.181 e. The van der Waals surface area contributed by atoms with Crippen molar-refractivity contribution in [1.29, 1.82) is 0 Å². The molecule has 4 heteroatoms. The van der Waals surface area contributed by atoms with Crippen LogP contribution in [0.2, 0.25) is 0 Å². The van der Waals surface area contributed by atoms with Gasteiger partial charge in [0.2, 0.25) is 0 Å². The molecular formula is C10H17N3O. The zero-order valence-corrected chi connectivity index (χ0v) is 8.73. The summed E-state index contributed by atoms with van der Waals surface area (Å²) in [4.78, 5) is 6.59. The van der Waals surface area contributed by atoms with E-state index < -0.39 is 0 Å². The number of likely N-dealkylation sites (tertiary alicyclic amines) is 1. The fraction of sp³-hybridized carbons (Fsp3) is 0.700. The molecule has 2 rings (SSSR count). The van der Waals surface area contributed by atoms with Crippen LogP contribution in [0.1, 0.15) is 30.8 Å². The van der Waals surface area contributed by atoms with Crippen LogP contribution >= 0.6 is 0 Å². The van der Waals surface area contributed by atoms with Crippen LogP contribution in [0.25, 0.3) is 0 Å². The molecule has 2 heterocycles. The molecular weight excluding hydrogens is 178 g/mol. The molecule has 78 valence electrons. The van der Waals surface area contributed by atoms with Crippen molar-refractivity contribution in [2.75, 3.05) is 13.1 Å². The first-order valence-corrected chi connectivity index (χ1v) is 5.08. The molecule has 4 nitrogen and oxygen atoms in total. The first-order chi connectivity index (χ1) is 6.68. The summed E-state index contributed by atoms with van der Waals surface area (Å²) < 4.78 is 5.20. The maximum atomic E-state index is 5.87. The van der Waals surface area contributed by atoms with Gasteiger partial charge in [0, 0.05) is 19.1 Å².